The molecule has 0 saturated heterocycles. The number of halogens is 1. The summed E-state index contributed by atoms with van der Waals surface area (Å²) >= 11 is 6.09. The monoisotopic (exact) mass is 473 g/mol. The molecular formula is C28H28ClN3O2. The van der Waals surface area contributed by atoms with Gasteiger partial charge in [0.2, 0.25) is 0 Å². The fourth-order valence-electron chi connectivity index (χ4n) is 4.12. The van der Waals surface area contributed by atoms with E-state index in [0.29, 0.717) is 33.0 Å². The molecule has 5 nitrogen and oxygen atoms in total. The molecule has 0 aliphatic carbocycles. The first kappa shape index (κ1) is 23.7. The summed E-state index contributed by atoms with van der Waals surface area (Å²) in [6, 6.07) is 21.6. The first-order valence-electron chi connectivity index (χ1n) is 11.5. The van der Waals surface area contributed by atoms with Gasteiger partial charge >= 0.3 is 0 Å². The Hall–Kier alpha value is -3.44. The summed E-state index contributed by atoms with van der Waals surface area (Å²) < 4.78 is 1.58. The number of fused-ring (bicyclic) bond motifs is 1. The SMILES string of the molecule is CCCCc1ccccc1C(=O)N(C)C(C)c1nc2ccccc2c(=O)n1-c1ccc(Cl)cc1. The number of hydrogen-bond donors (Lipinski definition) is 0. The van der Waals surface area contributed by atoms with Gasteiger partial charge in [0.25, 0.3) is 11.5 Å². The third-order valence-corrected chi connectivity index (χ3v) is 6.46. The number of benzene rings is 3. The van der Waals surface area contributed by atoms with Crippen molar-refractivity contribution in [2.45, 2.75) is 39.2 Å². The van der Waals surface area contributed by atoms with Crippen LogP contribution in [-0.4, -0.2) is 27.4 Å². The Kier molecular flexibility index (Phi) is 7.13. The van der Waals surface area contributed by atoms with Gasteiger partial charge in [-0.05, 0) is 67.8 Å². The van der Waals surface area contributed by atoms with Crippen molar-refractivity contribution in [3.63, 3.8) is 0 Å². The molecule has 4 aromatic rings. The van der Waals surface area contributed by atoms with Crippen molar-refractivity contribution < 1.29 is 4.79 Å². The summed E-state index contributed by atoms with van der Waals surface area (Å²) in [4.78, 5) is 33.6. The molecule has 1 unspecified atom stereocenters. The van der Waals surface area contributed by atoms with E-state index in [1.807, 2.05) is 49.4 Å². The molecule has 3 aromatic carbocycles. The topological polar surface area (TPSA) is 55.2 Å². The van der Waals surface area contributed by atoms with Crippen molar-refractivity contribution in [2.24, 2.45) is 0 Å². The molecule has 174 valence electrons. The van der Waals surface area contributed by atoms with Crippen LogP contribution < -0.4 is 5.56 Å². The Bertz CT molecular complexity index is 1380. The molecule has 34 heavy (non-hydrogen) atoms. The highest BCUT2D eigenvalue weighted by atomic mass is 35.5. The van der Waals surface area contributed by atoms with Crippen LogP contribution in [0.1, 0.15) is 54.5 Å². The molecule has 1 amide bonds. The minimum absolute atomic E-state index is 0.0933. The maximum atomic E-state index is 13.6. The van der Waals surface area contributed by atoms with Gasteiger partial charge in [0.15, 0.2) is 0 Å². The molecule has 0 fully saturated rings. The fraction of sp³-hybridized carbons (Fsp3) is 0.250. The highest BCUT2D eigenvalue weighted by Crippen LogP contribution is 2.25. The van der Waals surface area contributed by atoms with Crippen molar-refractivity contribution in [1.82, 2.24) is 14.5 Å². The van der Waals surface area contributed by atoms with Gasteiger partial charge in [0.1, 0.15) is 5.82 Å². The number of rotatable bonds is 7. The molecular weight excluding hydrogens is 446 g/mol. The summed E-state index contributed by atoms with van der Waals surface area (Å²) in [6.45, 7) is 4.04. The molecule has 0 saturated carbocycles. The van der Waals surface area contributed by atoms with Crippen LogP contribution in [0.4, 0.5) is 0 Å². The van der Waals surface area contributed by atoms with Crippen LogP contribution in [0, 0.1) is 0 Å². The van der Waals surface area contributed by atoms with Gasteiger partial charge in [0.05, 0.1) is 22.6 Å². The second-order valence-corrected chi connectivity index (χ2v) is 8.89. The van der Waals surface area contributed by atoms with E-state index in [1.54, 1.807) is 46.8 Å². The molecule has 0 bridgehead atoms. The zero-order valence-corrected chi connectivity index (χ0v) is 20.4. The molecule has 0 radical (unpaired) electrons. The number of para-hydroxylation sites is 1. The highest BCUT2D eigenvalue weighted by Gasteiger charge is 2.26. The first-order valence-corrected chi connectivity index (χ1v) is 11.9. The van der Waals surface area contributed by atoms with Crippen LogP contribution in [0.25, 0.3) is 16.6 Å². The lowest BCUT2D eigenvalue weighted by atomic mass is 10.0. The minimum atomic E-state index is -0.459. The summed E-state index contributed by atoms with van der Waals surface area (Å²) in [5.74, 6) is 0.400. The smallest absolute Gasteiger partial charge is 0.266 e. The van der Waals surface area contributed by atoms with E-state index in [0.717, 1.165) is 24.8 Å². The van der Waals surface area contributed by atoms with E-state index in [1.165, 1.54) is 0 Å². The summed E-state index contributed by atoms with van der Waals surface area (Å²) in [5.41, 5.74) is 2.79. The second-order valence-electron chi connectivity index (χ2n) is 8.46. The molecule has 0 aliphatic rings. The molecule has 1 heterocycles. The van der Waals surface area contributed by atoms with Gasteiger partial charge < -0.3 is 4.90 Å². The largest absolute Gasteiger partial charge is 0.332 e. The Morgan fingerprint density at radius 3 is 2.44 bits per heavy atom. The molecule has 1 aromatic heterocycles. The zero-order chi connectivity index (χ0) is 24.2. The van der Waals surface area contributed by atoms with Gasteiger partial charge in [-0.2, -0.15) is 0 Å². The van der Waals surface area contributed by atoms with Crippen LogP contribution in [0.3, 0.4) is 0 Å². The lowest BCUT2D eigenvalue weighted by Crippen LogP contribution is -2.35. The van der Waals surface area contributed by atoms with Gasteiger partial charge in [-0.3, -0.25) is 14.2 Å². The van der Waals surface area contributed by atoms with Gasteiger partial charge in [-0.1, -0.05) is 55.3 Å². The van der Waals surface area contributed by atoms with Crippen molar-refractivity contribution in [3.8, 4) is 5.69 Å². The second kappa shape index (κ2) is 10.2. The maximum absolute atomic E-state index is 13.6. The molecule has 4 rings (SSSR count). The third-order valence-electron chi connectivity index (χ3n) is 6.21. The molecule has 6 heteroatoms. The lowest BCUT2D eigenvalue weighted by Gasteiger charge is -2.28. The van der Waals surface area contributed by atoms with E-state index in [-0.39, 0.29) is 11.5 Å². The minimum Gasteiger partial charge on any atom is -0.332 e. The normalized spacial score (nSPS) is 12.0. The van der Waals surface area contributed by atoms with Gasteiger partial charge in [-0.15, -0.1) is 0 Å². The number of hydrogen-bond acceptors (Lipinski definition) is 3. The average molecular weight is 474 g/mol. The van der Waals surface area contributed by atoms with Crippen LogP contribution in [-0.2, 0) is 6.42 Å². The summed E-state index contributed by atoms with van der Waals surface area (Å²) in [6.07, 6.45) is 2.93. The summed E-state index contributed by atoms with van der Waals surface area (Å²) in [7, 11) is 1.76. The lowest BCUT2D eigenvalue weighted by molar-refractivity contribution is 0.0733. The maximum Gasteiger partial charge on any atom is 0.266 e. The van der Waals surface area contributed by atoms with E-state index >= 15 is 0 Å². The predicted octanol–water partition coefficient (Wildman–Crippen LogP) is 6.21. The Morgan fingerprint density at radius 1 is 1.03 bits per heavy atom. The number of carbonyl (C=O) groups is 1. The Morgan fingerprint density at radius 2 is 1.71 bits per heavy atom. The molecule has 0 spiro atoms. The van der Waals surface area contributed by atoms with Crippen molar-refractivity contribution >= 4 is 28.4 Å². The molecule has 1 atom stereocenters. The number of amides is 1. The molecule has 0 N–H and O–H groups in total. The zero-order valence-electron chi connectivity index (χ0n) is 19.7. The van der Waals surface area contributed by atoms with E-state index in [2.05, 4.69) is 6.92 Å². The predicted molar refractivity (Wildman–Crippen MR) is 138 cm³/mol. The van der Waals surface area contributed by atoms with Gasteiger partial charge in [0, 0.05) is 17.6 Å². The standard InChI is InChI=1S/C28H28ClN3O2/c1-4-5-10-20-11-6-7-12-23(20)27(33)31(3)19(2)26-30-25-14-9-8-13-24(25)28(34)32(26)22-17-15-21(29)16-18-22/h6-9,11-19H,4-5,10H2,1-3H3. The molecule has 0 aliphatic heterocycles. The Labute approximate surface area is 204 Å². The van der Waals surface area contributed by atoms with Crippen LogP contribution in [0.5, 0.6) is 0 Å². The van der Waals surface area contributed by atoms with E-state index in [4.69, 9.17) is 16.6 Å². The number of unbranched alkanes of at least 4 members (excludes halogenated alkanes) is 1. The van der Waals surface area contributed by atoms with E-state index in [9.17, 15) is 9.59 Å². The van der Waals surface area contributed by atoms with Crippen molar-refractivity contribution in [3.05, 3.63) is 105 Å². The third kappa shape index (κ3) is 4.62. The Balaban J connectivity index is 1.81. The number of carbonyl (C=O) groups excluding carboxylic acids is 1. The fourth-order valence-corrected chi connectivity index (χ4v) is 4.25. The highest BCUT2D eigenvalue weighted by molar-refractivity contribution is 6.30. The van der Waals surface area contributed by atoms with Crippen LogP contribution >= 0.6 is 11.6 Å². The number of nitrogens with zero attached hydrogens (tertiary/aromatic N) is 3. The quantitative estimate of drug-likeness (QED) is 0.320. The number of aryl methyl sites for hydroxylation is 1. The van der Waals surface area contributed by atoms with E-state index < -0.39 is 6.04 Å². The van der Waals surface area contributed by atoms with Crippen LogP contribution in [0.2, 0.25) is 5.02 Å². The number of aromatic nitrogens is 2. The van der Waals surface area contributed by atoms with Crippen molar-refractivity contribution in [1.29, 1.82) is 0 Å². The van der Waals surface area contributed by atoms with Crippen LogP contribution in [0.15, 0.2) is 77.6 Å². The van der Waals surface area contributed by atoms with Gasteiger partial charge in [-0.25, -0.2) is 4.98 Å². The average Bonchev–Trinajstić information content (AvgIpc) is 2.87. The first-order chi connectivity index (χ1) is 16.4. The summed E-state index contributed by atoms with van der Waals surface area (Å²) in [5, 5.41) is 1.10. The van der Waals surface area contributed by atoms with Crippen molar-refractivity contribution in [2.75, 3.05) is 7.05 Å².